The summed E-state index contributed by atoms with van der Waals surface area (Å²) in [5.74, 6) is 0.255. The minimum atomic E-state index is -0.404. The molecule has 6 heteroatoms. The molecular weight excluding hydrogens is 288 g/mol. The summed E-state index contributed by atoms with van der Waals surface area (Å²) >= 11 is 1.61. The molecule has 21 heavy (non-hydrogen) atoms. The Kier molecular flexibility index (Phi) is 3.80. The second kappa shape index (κ2) is 5.60. The van der Waals surface area contributed by atoms with Crippen LogP contribution in [0.1, 0.15) is 30.7 Å². The quantitative estimate of drug-likeness (QED) is 0.815. The molecule has 0 aliphatic heterocycles. The molecule has 2 aromatic heterocycles. The average Bonchev–Trinajstić information content (AvgIpc) is 2.80. The van der Waals surface area contributed by atoms with Crippen molar-refractivity contribution in [1.82, 2.24) is 9.55 Å². The molecule has 2 aromatic rings. The fourth-order valence-corrected chi connectivity index (χ4v) is 4.17. The van der Waals surface area contributed by atoms with Crippen molar-refractivity contribution in [3.8, 4) is 0 Å². The number of rotatable bonds is 3. The molecule has 0 bridgehead atoms. The van der Waals surface area contributed by atoms with Crippen LogP contribution in [0, 0.1) is 5.92 Å². The minimum absolute atomic E-state index is 0.0728. The van der Waals surface area contributed by atoms with Gasteiger partial charge in [-0.3, -0.25) is 14.2 Å². The number of fused-ring (bicyclic) bond motifs is 3. The zero-order valence-corrected chi connectivity index (χ0v) is 13.0. The van der Waals surface area contributed by atoms with E-state index in [4.69, 9.17) is 4.74 Å². The van der Waals surface area contributed by atoms with Crippen LogP contribution in [0.4, 0.5) is 0 Å². The highest BCUT2D eigenvalue weighted by Gasteiger charge is 2.23. The Balaban J connectivity index is 2.04. The monoisotopic (exact) mass is 306 g/mol. The first kappa shape index (κ1) is 14.3. The zero-order chi connectivity index (χ0) is 15.0. The number of aryl methyl sites for hydroxylation is 1. The lowest BCUT2D eigenvalue weighted by atomic mass is 9.89. The normalized spacial score (nSPS) is 17.7. The van der Waals surface area contributed by atoms with Gasteiger partial charge in [-0.1, -0.05) is 6.92 Å². The van der Waals surface area contributed by atoms with Crippen LogP contribution in [0.25, 0.3) is 10.2 Å². The smallest absolute Gasteiger partial charge is 0.326 e. The largest absolute Gasteiger partial charge is 0.465 e. The molecule has 0 fully saturated rings. The highest BCUT2D eigenvalue weighted by Crippen LogP contribution is 2.35. The van der Waals surface area contributed by atoms with E-state index in [1.807, 2.05) is 0 Å². The van der Waals surface area contributed by atoms with Crippen molar-refractivity contribution in [3.63, 3.8) is 0 Å². The second-order valence-corrected chi connectivity index (χ2v) is 6.60. The summed E-state index contributed by atoms with van der Waals surface area (Å²) in [6, 6.07) is 0. The molecule has 0 aromatic carbocycles. The lowest BCUT2D eigenvalue weighted by Crippen LogP contribution is -2.26. The van der Waals surface area contributed by atoms with Crippen LogP contribution < -0.4 is 5.56 Å². The van der Waals surface area contributed by atoms with Gasteiger partial charge in [-0.2, -0.15) is 0 Å². The first-order valence-electron chi connectivity index (χ1n) is 7.25. The SMILES string of the molecule is CCOC(=O)Cn1cnc2sc3c(c2c1=O)CCC(C)C3. The predicted octanol–water partition coefficient (Wildman–Crippen LogP) is 2.15. The second-order valence-electron chi connectivity index (χ2n) is 5.51. The Morgan fingerprint density at radius 1 is 1.57 bits per heavy atom. The Bertz CT molecular complexity index is 747. The van der Waals surface area contributed by atoms with Crippen LogP contribution in [0.5, 0.6) is 0 Å². The molecule has 1 aliphatic rings. The van der Waals surface area contributed by atoms with Crippen molar-refractivity contribution in [2.45, 2.75) is 39.7 Å². The van der Waals surface area contributed by atoms with Crippen LogP contribution in [0.3, 0.4) is 0 Å². The fourth-order valence-electron chi connectivity index (χ4n) is 2.82. The van der Waals surface area contributed by atoms with E-state index >= 15 is 0 Å². The molecule has 112 valence electrons. The van der Waals surface area contributed by atoms with Gasteiger partial charge in [0.25, 0.3) is 5.56 Å². The molecule has 2 heterocycles. The van der Waals surface area contributed by atoms with Crippen molar-refractivity contribution < 1.29 is 9.53 Å². The van der Waals surface area contributed by atoms with Crippen LogP contribution >= 0.6 is 11.3 Å². The maximum Gasteiger partial charge on any atom is 0.326 e. The summed E-state index contributed by atoms with van der Waals surface area (Å²) in [7, 11) is 0. The Morgan fingerprint density at radius 2 is 2.38 bits per heavy atom. The van der Waals surface area contributed by atoms with E-state index in [0.29, 0.717) is 17.9 Å². The zero-order valence-electron chi connectivity index (χ0n) is 12.2. The molecule has 3 rings (SSSR count). The summed E-state index contributed by atoms with van der Waals surface area (Å²) in [6.07, 6.45) is 4.50. The van der Waals surface area contributed by atoms with Crippen molar-refractivity contribution in [3.05, 3.63) is 27.1 Å². The van der Waals surface area contributed by atoms with Crippen LogP contribution in [0.15, 0.2) is 11.1 Å². The van der Waals surface area contributed by atoms with Gasteiger partial charge in [0.1, 0.15) is 11.4 Å². The van der Waals surface area contributed by atoms with Gasteiger partial charge in [-0.05, 0) is 37.7 Å². The van der Waals surface area contributed by atoms with E-state index in [-0.39, 0.29) is 12.1 Å². The number of ether oxygens (including phenoxy) is 1. The van der Waals surface area contributed by atoms with Gasteiger partial charge in [0.05, 0.1) is 18.3 Å². The fraction of sp³-hybridized carbons (Fsp3) is 0.533. The lowest BCUT2D eigenvalue weighted by molar-refractivity contribution is -0.143. The number of hydrogen-bond acceptors (Lipinski definition) is 5. The third-order valence-electron chi connectivity index (χ3n) is 3.89. The molecule has 0 amide bonds. The Labute approximate surface area is 126 Å². The van der Waals surface area contributed by atoms with Crippen molar-refractivity contribution >= 4 is 27.5 Å². The van der Waals surface area contributed by atoms with Gasteiger partial charge in [-0.25, -0.2) is 4.98 Å². The number of aromatic nitrogens is 2. The summed E-state index contributed by atoms with van der Waals surface area (Å²) < 4.78 is 6.25. The number of hydrogen-bond donors (Lipinski definition) is 0. The molecular formula is C15H18N2O3S. The summed E-state index contributed by atoms with van der Waals surface area (Å²) in [5.41, 5.74) is 1.02. The summed E-state index contributed by atoms with van der Waals surface area (Å²) in [6.45, 7) is 4.23. The van der Waals surface area contributed by atoms with Gasteiger partial charge >= 0.3 is 5.97 Å². The number of carbonyl (C=O) groups excluding carboxylic acids is 1. The summed E-state index contributed by atoms with van der Waals surface area (Å²) in [5, 5.41) is 0.702. The third-order valence-corrected chi connectivity index (χ3v) is 5.05. The topological polar surface area (TPSA) is 61.2 Å². The van der Waals surface area contributed by atoms with Gasteiger partial charge in [0, 0.05) is 4.88 Å². The summed E-state index contributed by atoms with van der Waals surface area (Å²) in [4.78, 5) is 30.6. The van der Waals surface area contributed by atoms with E-state index < -0.39 is 5.97 Å². The van der Waals surface area contributed by atoms with E-state index in [2.05, 4.69) is 11.9 Å². The van der Waals surface area contributed by atoms with Crippen LogP contribution in [-0.2, 0) is 28.9 Å². The molecule has 0 radical (unpaired) electrons. The number of esters is 1. The van der Waals surface area contributed by atoms with Gasteiger partial charge in [0.2, 0.25) is 0 Å². The highest BCUT2D eigenvalue weighted by atomic mass is 32.1. The molecule has 5 nitrogen and oxygen atoms in total. The first-order chi connectivity index (χ1) is 10.1. The first-order valence-corrected chi connectivity index (χ1v) is 8.07. The average molecular weight is 306 g/mol. The number of thiophene rings is 1. The predicted molar refractivity (Wildman–Crippen MR) is 81.7 cm³/mol. The number of nitrogens with zero attached hydrogens (tertiary/aromatic N) is 2. The van der Waals surface area contributed by atoms with E-state index in [9.17, 15) is 9.59 Å². The van der Waals surface area contributed by atoms with Gasteiger partial charge in [0.15, 0.2) is 0 Å². The van der Waals surface area contributed by atoms with Gasteiger partial charge < -0.3 is 4.74 Å². The van der Waals surface area contributed by atoms with Crippen molar-refractivity contribution in [2.24, 2.45) is 5.92 Å². The molecule has 0 saturated heterocycles. The number of carbonyl (C=O) groups is 1. The van der Waals surface area contributed by atoms with E-state index in [1.165, 1.54) is 15.8 Å². The molecule has 1 unspecified atom stereocenters. The Morgan fingerprint density at radius 3 is 3.14 bits per heavy atom. The molecule has 1 aliphatic carbocycles. The van der Waals surface area contributed by atoms with Crippen molar-refractivity contribution in [1.29, 1.82) is 0 Å². The highest BCUT2D eigenvalue weighted by molar-refractivity contribution is 7.18. The lowest BCUT2D eigenvalue weighted by Gasteiger charge is -2.17. The van der Waals surface area contributed by atoms with Gasteiger partial charge in [-0.15, -0.1) is 11.3 Å². The molecule has 0 saturated carbocycles. The Hall–Kier alpha value is -1.69. The van der Waals surface area contributed by atoms with E-state index in [0.717, 1.165) is 29.7 Å². The maximum absolute atomic E-state index is 12.6. The molecule has 0 spiro atoms. The molecule has 1 atom stereocenters. The van der Waals surface area contributed by atoms with Crippen LogP contribution in [0.2, 0.25) is 0 Å². The van der Waals surface area contributed by atoms with E-state index in [1.54, 1.807) is 18.3 Å². The van der Waals surface area contributed by atoms with Crippen molar-refractivity contribution in [2.75, 3.05) is 6.61 Å². The maximum atomic E-state index is 12.6. The molecule has 0 N–H and O–H groups in total. The third kappa shape index (κ3) is 2.60. The minimum Gasteiger partial charge on any atom is -0.465 e. The standard InChI is InChI=1S/C15H18N2O3S/c1-3-20-12(18)7-17-8-16-14-13(15(17)19)10-5-4-9(2)6-11(10)21-14/h8-9H,3-7H2,1-2H3. The van der Waals surface area contributed by atoms with Crippen LogP contribution in [-0.4, -0.2) is 22.1 Å².